The topological polar surface area (TPSA) is 85.9 Å². The number of aromatic amines is 1. The summed E-state index contributed by atoms with van der Waals surface area (Å²) in [6, 6.07) is 3.24. The lowest BCUT2D eigenvalue weighted by atomic mass is 10.2. The zero-order valence-electron chi connectivity index (χ0n) is 16.5. The van der Waals surface area contributed by atoms with Crippen LogP contribution in [0.1, 0.15) is 22.5 Å². The van der Waals surface area contributed by atoms with E-state index >= 15 is 0 Å². The van der Waals surface area contributed by atoms with Gasteiger partial charge in [0.25, 0.3) is 11.8 Å². The standard InChI is InChI=1S/C22H20F2N6O/c23-22(24)9-11-30(15-22)19-8-7-18(14-26-19)28-21(31)20-17(13-27-29-20)6-5-16-4-2-1-3-10-25-12-16/h1-4,7-8,12-14,25H,9-11,15H2,(H,27,29)(H,28,31)/b3-1+,4-2-,16-12+. The number of hydrogen-bond acceptors (Lipinski definition) is 5. The number of pyridine rings is 1. The molecule has 3 N–H and O–H groups in total. The molecule has 2 aromatic heterocycles. The van der Waals surface area contributed by atoms with Crippen molar-refractivity contribution < 1.29 is 13.6 Å². The Bertz CT molecular complexity index is 1110. The van der Waals surface area contributed by atoms with Gasteiger partial charge in [-0.2, -0.15) is 5.10 Å². The predicted molar refractivity (Wildman–Crippen MR) is 114 cm³/mol. The molecule has 1 amide bonds. The lowest BCUT2D eigenvalue weighted by Gasteiger charge is -2.17. The summed E-state index contributed by atoms with van der Waals surface area (Å²) in [5, 5.41) is 12.4. The highest BCUT2D eigenvalue weighted by atomic mass is 19.3. The molecule has 31 heavy (non-hydrogen) atoms. The van der Waals surface area contributed by atoms with Gasteiger partial charge in [0.2, 0.25) is 0 Å². The number of hydrogen-bond donors (Lipinski definition) is 3. The van der Waals surface area contributed by atoms with Crippen molar-refractivity contribution in [1.29, 1.82) is 0 Å². The normalized spacial score (nSPS) is 20.8. The average molecular weight is 422 g/mol. The minimum Gasteiger partial charge on any atom is -0.386 e. The number of H-pyrrole nitrogens is 1. The maximum Gasteiger partial charge on any atom is 0.275 e. The third-order valence-electron chi connectivity index (χ3n) is 4.72. The average Bonchev–Trinajstić information content (AvgIpc) is 3.34. The van der Waals surface area contributed by atoms with Gasteiger partial charge in [0.1, 0.15) is 11.5 Å². The van der Waals surface area contributed by atoms with Gasteiger partial charge in [0.05, 0.1) is 30.2 Å². The summed E-state index contributed by atoms with van der Waals surface area (Å²) in [6.45, 7) is 0.612. The van der Waals surface area contributed by atoms with Gasteiger partial charge >= 0.3 is 0 Å². The Morgan fingerprint density at radius 2 is 2.13 bits per heavy atom. The number of nitrogens with one attached hydrogen (secondary N) is 3. The van der Waals surface area contributed by atoms with Crippen molar-refractivity contribution in [3.8, 4) is 11.8 Å². The largest absolute Gasteiger partial charge is 0.386 e. The molecule has 2 aromatic rings. The van der Waals surface area contributed by atoms with Gasteiger partial charge in [-0.25, -0.2) is 13.8 Å². The van der Waals surface area contributed by atoms with E-state index in [1.54, 1.807) is 18.3 Å². The molecule has 0 atom stereocenters. The van der Waals surface area contributed by atoms with Gasteiger partial charge in [0, 0.05) is 31.3 Å². The van der Waals surface area contributed by atoms with E-state index in [2.05, 4.69) is 37.7 Å². The second kappa shape index (κ2) is 8.83. The van der Waals surface area contributed by atoms with Crippen LogP contribution in [0, 0.1) is 11.8 Å². The fourth-order valence-corrected chi connectivity index (χ4v) is 3.13. The Morgan fingerprint density at radius 3 is 2.90 bits per heavy atom. The minimum absolute atomic E-state index is 0.184. The third-order valence-corrected chi connectivity index (χ3v) is 4.72. The van der Waals surface area contributed by atoms with E-state index in [1.807, 2.05) is 24.3 Å². The molecule has 4 rings (SSSR count). The number of halogens is 2. The van der Waals surface area contributed by atoms with Crippen LogP contribution in [0.25, 0.3) is 0 Å². The number of aromatic nitrogens is 3. The van der Waals surface area contributed by atoms with E-state index in [4.69, 9.17) is 0 Å². The first-order chi connectivity index (χ1) is 15.0. The molecule has 1 fully saturated rings. The van der Waals surface area contributed by atoms with Crippen molar-refractivity contribution >= 4 is 17.4 Å². The van der Waals surface area contributed by atoms with Crippen molar-refractivity contribution in [3.63, 3.8) is 0 Å². The highest BCUT2D eigenvalue weighted by Gasteiger charge is 2.38. The van der Waals surface area contributed by atoms with Crippen molar-refractivity contribution in [2.24, 2.45) is 0 Å². The van der Waals surface area contributed by atoms with Gasteiger partial charge in [-0.1, -0.05) is 30.1 Å². The number of rotatable bonds is 3. The summed E-state index contributed by atoms with van der Waals surface area (Å²) in [5.41, 5.74) is 1.88. The number of nitrogens with zero attached hydrogens (tertiary/aromatic N) is 3. The van der Waals surface area contributed by atoms with Crippen LogP contribution >= 0.6 is 0 Å². The molecular weight excluding hydrogens is 402 g/mol. The quantitative estimate of drug-likeness (QED) is 0.663. The van der Waals surface area contributed by atoms with Crippen LogP contribution in [-0.2, 0) is 0 Å². The molecule has 2 aliphatic heterocycles. The van der Waals surface area contributed by atoms with E-state index in [-0.39, 0.29) is 25.2 Å². The Hall–Kier alpha value is -3.93. The second-order valence-corrected chi connectivity index (χ2v) is 7.09. The number of alkyl halides is 2. The highest BCUT2D eigenvalue weighted by Crippen LogP contribution is 2.30. The fourth-order valence-electron chi connectivity index (χ4n) is 3.13. The molecule has 0 aromatic carbocycles. The zero-order chi connectivity index (χ0) is 21.7. The lowest BCUT2D eigenvalue weighted by molar-refractivity contribution is 0.0256. The molecule has 1 saturated heterocycles. The predicted octanol–water partition coefficient (Wildman–Crippen LogP) is 2.85. The zero-order valence-corrected chi connectivity index (χ0v) is 16.5. The molecule has 2 aliphatic rings. The monoisotopic (exact) mass is 422 g/mol. The first-order valence-electron chi connectivity index (χ1n) is 9.72. The highest BCUT2D eigenvalue weighted by molar-refractivity contribution is 6.04. The number of anilines is 2. The van der Waals surface area contributed by atoms with Crippen LogP contribution in [0.2, 0.25) is 0 Å². The van der Waals surface area contributed by atoms with E-state index in [9.17, 15) is 13.6 Å². The van der Waals surface area contributed by atoms with Gasteiger partial charge in [-0.3, -0.25) is 9.89 Å². The third kappa shape index (κ3) is 5.17. The molecule has 4 heterocycles. The molecular formula is C22H20F2N6O. The molecule has 7 nitrogen and oxygen atoms in total. The van der Waals surface area contributed by atoms with Crippen LogP contribution < -0.4 is 15.5 Å². The Balaban J connectivity index is 1.43. The molecule has 158 valence electrons. The lowest BCUT2D eigenvalue weighted by Crippen LogP contribution is -2.25. The summed E-state index contributed by atoms with van der Waals surface area (Å²) < 4.78 is 26.8. The molecule has 0 bridgehead atoms. The van der Waals surface area contributed by atoms with Crippen LogP contribution in [0.15, 0.2) is 60.6 Å². The fraction of sp³-hybridized carbons (Fsp3) is 0.227. The Kier molecular flexibility index (Phi) is 5.80. The summed E-state index contributed by atoms with van der Waals surface area (Å²) >= 11 is 0. The molecule has 9 heteroatoms. The summed E-state index contributed by atoms with van der Waals surface area (Å²) in [5.74, 6) is 3.29. The number of amides is 1. The number of allylic oxidation sites excluding steroid dienone is 4. The molecule has 0 spiro atoms. The van der Waals surface area contributed by atoms with Crippen molar-refractivity contribution in [2.45, 2.75) is 12.3 Å². The number of carbonyl (C=O) groups excluding carboxylic acids is 1. The van der Waals surface area contributed by atoms with Crippen LogP contribution in [0.3, 0.4) is 0 Å². The smallest absolute Gasteiger partial charge is 0.275 e. The van der Waals surface area contributed by atoms with E-state index < -0.39 is 11.8 Å². The van der Waals surface area contributed by atoms with Crippen LogP contribution in [-0.4, -0.2) is 46.6 Å². The first kappa shape index (κ1) is 20.3. The Morgan fingerprint density at radius 1 is 1.23 bits per heavy atom. The van der Waals surface area contributed by atoms with Crippen LogP contribution in [0.5, 0.6) is 0 Å². The molecule has 0 aliphatic carbocycles. The first-order valence-corrected chi connectivity index (χ1v) is 9.72. The minimum atomic E-state index is -2.69. The summed E-state index contributed by atoms with van der Waals surface area (Å²) in [6.07, 6.45) is 12.2. The molecule has 0 unspecified atom stereocenters. The van der Waals surface area contributed by atoms with Crippen LogP contribution in [0.4, 0.5) is 20.3 Å². The Labute approximate surface area is 177 Å². The van der Waals surface area contributed by atoms with E-state index in [1.165, 1.54) is 17.3 Å². The summed E-state index contributed by atoms with van der Waals surface area (Å²) in [7, 11) is 0. The number of carbonyl (C=O) groups is 1. The van der Waals surface area contributed by atoms with Gasteiger partial charge in [-0.15, -0.1) is 0 Å². The van der Waals surface area contributed by atoms with Gasteiger partial charge in [0.15, 0.2) is 0 Å². The van der Waals surface area contributed by atoms with Crippen molar-refractivity contribution in [2.75, 3.05) is 29.9 Å². The molecule has 0 saturated carbocycles. The molecule has 0 radical (unpaired) electrons. The summed E-state index contributed by atoms with van der Waals surface area (Å²) in [4.78, 5) is 18.4. The van der Waals surface area contributed by atoms with Crippen molar-refractivity contribution in [3.05, 3.63) is 71.9 Å². The second-order valence-electron chi connectivity index (χ2n) is 7.09. The van der Waals surface area contributed by atoms with E-state index in [0.29, 0.717) is 23.6 Å². The van der Waals surface area contributed by atoms with E-state index in [0.717, 1.165) is 5.57 Å². The van der Waals surface area contributed by atoms with Gasteiger partial charge < -0.3 is 15.5 Å². The van der Waals surface area contributed by atoms with Crippen molar-refractivity contribution in [1.82, 2.24) is 20.5 Å². The SMILES string of the molecule is O=C(Nc1ccc(N2CCC(F)(F)C2)nc1)c1[nH]ncc1C#CC1=C/NC/C=C/C=C\1. The van der Waals surface area contributed by atoms with Gasteiger partial charge in [-0.05, 0) is 18.2 Å². The maximum absolute atomic E-state index is 13.4. The maximum atomic E-state index is 13.4.